The van der Waals surface area contributed by atoms with Gasteiger partial charge in [-0.2, -0.15) is 0 Å². The molecule has 28 heavy (non-hydrogen) atoms. The van der Waals surface area contributed by atoms with Crippen LogP contribution in [0.1, 0.15) is 39.6 Å². The number of ketones is 1. The van der Waals surface area contributed by atoms with Crippen LogP contribution in [0.5, 0.6) is 0 Å². The molecule has 0 saturated carbocycles. The molecule has 0 aliphatic carbocycles. The first-order chi connectivity index (χ1) is 13.5. The summed E-state index contributed by atoms with van der Waals surface area (Å²) in [6.45, 7) is 1.67. The SMILES string of the molecule is O=C(O)C=C(C(=O)O)c1cn2c(n1)C(=C1CCNCC1)c1ccsc1C(=O)C2. The lowest BCUT2D eigenvalue weighted by molar-refractivity contribution is -0.133. The molecule has 0 bridgehead atoms. The third-order valence-corrected chi connectivity index (χ3v) is 5.79. The molecular weight excluding hydrogens is 382 g/mol. The van der Waals surface area contributed by atoms with Gasteiger partial charge < -0.3 is 20.1 Å². The van der Waals surface area contributed by atoms with Crippen LogP contribution in [0.15, 0.2) is 29.3 Å². The van der Waals surface area contributed by atoms with E-state index in [1.54, 1.807) is 4.57 Å². The van der Waals surface area contributed by atoms with Crippen LogP contribution < -0.4 is 5.32 Å². The second-order valence-corrected chi connectivity index (χ2v) is 7.51. The fraction of sp³-hybridized carbons (Fsp3) is 0.263. The van der Waals surface area contributed by atoms with Crippen molar-refractivity contribution >= 4 is 40.2 Å². The summed E-state index contributed by atoms with van der Waals surface area (Å²) in [5.74, 6) is -2.31. The molecule has 1 fully saturated rings. The average Bonchev–Trinajstić information content (AvgIpc) is 3.27. The van der Waals surface area contributed by atoms with E-state index in [0.29, 0.717) is 16.8 Å². The number of fused-ring (bicyclic) bond motifs is 2. The summed E-state index contributed by atoms with van der Waals surface area (Å²) in [6, 6.07) is 1.90. The van der Waals surface area contributed by atoms with E-state index in [9.17, 15) is 19.5 Å². The number of piperidine rings is 1. The Morgan fingerprint density at radius 2 is 2.00 bits per heavy atom. The molecule has 8 nitrogen and oxygen atoms in total. The number of hydrogen-bond donors (Lipinski definition) is 3. The Kier molecular flexibility index (Phi) is 4.70. The van der Waals surface area contributed by atoms with Crippen LogP contribution in [0.3, 0.4) is 0 Å². The summed E-state index contributed by atoms with van der Waals surface area (Å²) >= 11 is 1.39. The molecule has 0 atom stereocenters. The zero-order valence-electron chi connectivity index (χ0n) is 14.8. The summed E-state index contributed by atoms with van der Waals surface area (Å²) < 4.78 is 1.63. The highest BCUT2D eigenvalue weighted by molar-refractivity contribution is 7.12. The maximum atomic E-state index is 12.8. The molecule has 0 radical (unpaired) electrons. The van der Waals surface area contributed by atoms with Gasteiger partial charge in [-0.25, -0.2) is 14.6 Å². The maximum Gasteiger partial charge on any atom is 0.338 e. The second kappa shape index (κ2) is 7.17. The van der Waals surface area contributed by atoms with Crippen LogP contribution in [0, 0.1) is 0 Å². The van der Waals surface area contributed by atoms with E-state index in [0.717, 1.165) is 42.6 Å². The lowest BCUT2D eigenvalue weighted by Crippen LogP contribution is -2.24. The number of carbonyl (C=O) groups excluding carboxylic acids is 1. The Morgan fingerprint density at radius 3 is 2.68 bits per heavy atom. The van der Waals surface area contributed by atoms with Gasteiger partial charge in [-0.05, 0) is 37.4 Å². The standard InChI is InChI=1S/C19H17N3O5S/c23-14-9-22-8-13(12(19(26)27)7-15(24)25)21-18(22)16(10-1-4-20-5-2-10)11-3-6-28-17(11)14/h3,6-8,20H,1-2,4-5,9H2,(H,24,25)(H,26,27). The molecule has 2 aliphatic heterocycles. The molecule has 4 heterocycles. The van der Waals surface area contributed by atoms with E-state index in [1.165, 1.54) is 17.5 Å². The first-order valence-corrected chi connectivity index (χ1v) is 9.63. The Labute approximate surface area is 163 Å². The molecule has 3 N–H and O–H groups in total. The van der Waals surface area contributed by atoms with Gasteiger partial charge >= 0.3 is 11.9 Å². The number of imidazole rings is 1. The number of rotatable bonds is 3. The number of aromatic nitrogens is 2. The van der Waals surface area contributed by atoms with E-state index < -0.39 is 17.5 Å². The van der Waals surface area contributed by atoms with Crippen molar-refractivity contribution in [2.24, 2.45) is 0 Å². The molecule has 2 aromatic heterocycles. The number of thiophene rings is 1. The van der Waals surface area contributed by atoms with Crippen molar-refractivity contribution in [3.63, 3.8) is 0 Å². The minimum atomic E-state index is -1.38. The third-order valence-electron chi connectivity index (χ3n) is 4.84. The minimum absolute atomic E-state index is 0.0309. The van der Waals surface area contributed by atoms with Crippen molar-refractivity contribution in [3.8, 4) is 0 Å². The van der Waals surface area contributed by atoms with Crippen molar-refractivity contribution in [2.75, 3.05) is 13.1 Å². The lowest BCUT2D eigenvalue weighted by Gasteiger charge is -2.19. The van der Waals surface area contributed by atoms with Gasteiger partial charge in [0.2, 0.25) is 0 Å². The van der Waals surface area contributed by atoms with Gasteiger partial charge in [0.25, 0.3) is 0 Å². The smallest absolute Gasteiger partial charge is 0.338 e. The Balaban J connectivity index is 1.94. The van der Waals surface area contributed by atoms with Gasteiger partial charge in [-0.1, -0.05) is 5.57 Å². The highest BCUT2D eigenvalue weighted by Crippen LogP contribution is 2.38. The quantitative estimate of drug-likeness (QED) is 0.674. The molecule has 0 unspecified atom stereocenters. The number of nitrogens with zero attached hydrogens (tertiary/aromatic N) is 2. The summed E-state index contributed by atoms with van der Waals surface area (Å²) in [5.41, 5.74) is 2.45. The minimum Gasteiger partial charge on any atom is -0.478 e. The molecule has 2 aromatic rings. The van der Waals surface area contributed by atoms with Crippen molar-refractivity contribution in [1.29, 1.82) is 0 Å². The van der Waals surface area contributed by atoms with Gasteiger partial charge in [0.15, 0.2) is 5.78 Å². The zero-order valence-corrected chi connectivity index (χ0v) is 15.6. The summed E-state index contributed by atoms with van der Waals surface area (Å²) in [4.78, 5) is 40.5. The zero-order chi connectivity index (χ0) is 19.8. The number of nitrogens with one attached hydrogen (secondary N) is 1. The van der Waals surface area contributed by atoms with Crippen molar-refractivity contribution in [2.45, 2.75) is 19.4 Å². The van der Waals surface area contributed by atoms with E-state index in [2.05, 4.69) is 10.3 Å². The molecule has 9 heteroatoms. The lowest BCUT2D eigenvalue weighted by atomic mass is 9.93. The molecule has 1 saturated heterocycles. The predicted molar refractivity (Wildman–Crippen MR) is 102 cm³/mol. The second-order valence-electron chi connectivity index (χ2n) is 6.59. The van der Waals surface area contributed by atoms with E-state index >= 15 is 0 Å². The van der Waals surface area contributed by atoms with Crippen LogP contribution >= 0.6 is 11.3 Å². The van der Waals surface area contributed by atoms with Crippen LogP contribution in [0.2, 0.25) is 0 Å². The van der Waals surface area contributed by atoms with Gasteiger partial charge in [-0.15, -0.1) is 11.3 Å². The first kappa shape index (κ1) is 18.3. The van der Waals surface area contributed by atoms with Crippen molar-refractivity contribution in [1.82, 2.24) is 14.9 Å². The summed E-state index contributed by atoms with van der Waals surface area (Å²) in [6.07, 6.45) is 3.68. The highest BCUT2D eigenvalue weighted by atomic mass is 32.1. The van der Waals surface area contributed by atoms with Crippen LogP contribution in [0.4, 0.5) is 0 Å². The number of carboxylic acid groups (broad SMARTS) is 2. The Bertz CT molecular complexity index is 1050. The molecule has 0 amide bonds. The molecular formula is C19H17N3O5S. The summed E-state index contributed by atoms with van der Waals surface area (Å²) in [5, 5.41) is 23.6. The van der Waals surface area contributed by atoms with Gasteiger partial charge in [0.05, 0.1) is 22.7 Å². The molecule has 0 aromatic carbocycles. The van der Waals surface area contributed by atoms with Crippen LogP contribution in [-0.2, 0) is 16.1 Å². The van der Waals surface area contributed by atoms with E-state index in [4.69, 9.17) is 5.11 Å². The fourth-order valence-corrected chi connectivity index (χ4v) is 4.46. The van der Waals surface area contributed by atoms with Crippen molar-refractivity contribution in [3.05, 3.63) is 51.3 Å². The average molecular weight is 399 g/mol. The fourth-order valence-electron chi connectivity index (χ4n) is 3.63. The maximum absolute atomic E-state index is 12.8. The molecule has 0 spiro atoms. The molecule has 4 rings (SSSR count). The van der Waals surface area contributed by atoms with Crippen LogP contribution in [0.25, 0.3) is 11.1 Å². The van der Waals surface area contributed by atoms with Crippen LogP contribution in [-0.4, -0.2) is 50.6 Å². The molecule has 2 aliphatic rings. The van der Waals surface area contributed by atoms with Gasteiger partial charge in [-0.3, -0.25) is 4.79 Å². The van der Waals surface area contributed by atoms with E-state index in [1.807, 2.05) is 11.4 Å². The van der Waals surface area contributed by atoms with Gasteiger partial charge in [0.1, 0.15) is 5.82 Å². The summed E-state index contributed by atoms with van der Waals surface area (Å²) in [7, 11) is 0. The van der Waals surface area contributed by atoms with E-state index in [-0.39, 0.29) is 18.0 Å². The third kappa shape index (κ3) is 3.19. The number of carbonyl (C=O) groups is 3. The Hall–Kier alpha value is -3.04. The number of carboxylic acids is 2. The highest BCUT2D eigenvalue weighted by Gasteiger charge is 2.30. The number of hydrogen-bond acceptors (Lipinski definition) is 6. The monoisotopic (exact) mass is 399 g/mol. The largest absolute Gasteiger partial charge is 0.478 e. The number of Topliss-reactive ketones (excluding diaryl/α,β-unsaturated/α-hetero) is 1. The predicted octanol–water partition coefficient (Wildman–Crippen LogP) is 1.88. The topological polar surface area (TPSA) is 122 Å². The van der Waals surface area contributed by atoms with Gasteiger partial charge in [0, 0.05) is 23.4 Å². The first-order valence-electron chi connectivity index (χ1n) is 8.75. The normalized spacial score (nSPS) is 17.1. The molecule has 144 valence electrons. The van der Waals surface area contributed by atoms with Crippen molar-refractivity contribution < 1.29 is 24.6 Å². The number of aliphatic carboxylic acids is 2. The Morgan fingerprint density at radius 1 is 1.25 bits per heavy atom.